The minimum atomic E-state index is 0.958. The first-order valence-electron chi connectivity index (χ1n) is 3.14. The average molecular weight is 97.2 g/mol. The minimum absolute atomic E-state index is 0.958. The Balaban J connectivity index is 2.16. The van der Waals surface area contributed by atoms with Gasteiger partial charge in [0.05, 0.1) is 0 Å². The highest BCUT2D eigenvalue weighted by Crippen LogP contribution is 2.34. The molecule has 2 atom stereocenters. The molecular formula is C7H13. The lowest BCUT2D eigenvalue weighted by Crippen LogP contribution is -2.21. The van der Waals surface area contributed by atoms with E-state index in [1.54, 1.807) is 0 Å². The molecule has 0 bridgehead atoms. The Morgan fingerprint density at radius 1 is 1.43 bits per heavy atom. The zero-order valence-corrected chi connectivity index (χ0v) is 5.15. The molecule has 1 saturated carbocycles. The van der Waals surface area contributed by atoms with E-state index in [9.17, 15) is 0 Å². The molecule has 1 fully saturated rings. The first kappa shape index (κ1) is 5.14. The fraction of sp³-hybridized carbons (Fsp3) is 0.857. The monoisotopic (exact) mass is 97.1 g/mol. The van der Waals surface area contributed by atoms with Gasteiger partial charge in [-0.25, -0.2) is 0 Å². The summed E-state index contributed by atoms with van der Waals surface area (Å²) in [7, 11) is 0. The summed E-state index contributed by atoms with van der Waals surface area (Å²) in [5.41, 5.74) is 0. The van der Waals surface area contributed by atoms with Crippen LogP contribution in [0.4, 0.5) is 0 Å². The van der Waals surface area contributed by atoms with Crippen LogP contribution in [0, 0.1) is 18.3 Å². The molecule has 1 aliphatic rings. The largest absolute Gasteiger partial charge is 0.0622 e. The van der Waals surface area contributed by atoms with Gasteiger partial charge in [0, 0.05) is 0 Å². The molecule has 0 aromatic carbocycles. The Kier molecular flexibility index (Phi) is 1.36. The highest BCUT2D eigenvalue weighted by molar-refractivity contribution is 4.84. The molecule has 0 amide bonds. The van der Waals surface area contributed by atoms with E-state index in [0.717, 1.165) is 11.8 Å². The van der Waals surface area contributed by atoms with Crippen molar-refractivity contribution < 1.29 is 0 Å². The van der Waals surface area contributed by atoms with Crippen LogP contribution in [0.1, 0.15) is 26.7 Å². The summed E-state index contributed by atoms with van der Waals surface area (Å²) in [5.74, 6) is 1.95. The Morgan fingerprint density at radius 3 is 2.14 bits per heavy atom. The van der Waals surface area contributed by atoms with Crippen LogP contribution in [0.5, 0.6) is 0 Å². The van der Waals surface area contributed by atoms with Crippen molar-refractivity contribution in [1.29, 1.82) is 0 Å². The normalized spacial score (nSPS) is 40.3. The van der Waals surface area contributed by atoms with Gasteiger partial charge < -0.3 is 0 Å². The number of hydrogen-bond acceptors (Lipinski definition) is 0. The predicted molar refractivity (Wildman–Crippen MR) is 31.9 cm³/mol. The molecule has 0 heterocycles. The molecule has 0 aromatic heterocycles. The highest BCUT2D eigenvalue weighted by atomic mass is 14.3. The quantitative estimate of drug-likeness (QED) is 0.470. The third-order valence-corrected chi connectivity index (χ3v) is 2.11. The van der Waals surface area contributed by atoms with Crippen LogP contribution in [-0.2, 0) is 0 Å². The molecule has 41 valence electrons. The van der Waals surface area contributed by atoms with Crippen molar-refractivity contribution in [3.63, 3.8) is 0 Å². The maximum absolute atomic E-state index is 2.33. The molecule has 0 aliphatic heterocycles. The summed E-state index contributed by atoms with van der Waals surface area (Å²) >= 11 is 0. The SMILES string of the molecule is C[CH]C1CCC1C. The van der Waals surface area contributed by atoms with Crippen molar-refractivity contribution in [1.82, 2.24) is 0 Å². The van der Waals surface area contributed by atoms with Crippen molar-refractivity contribution in [3.05, 3.63) is 6.42 Å². The summed E-state index contributed by atoms with van der Waals surface area (Å²) in [6, 6.07) is 0. The lowest BCUT2D eigenvalue weighted by Gasteiger charge is -2.32. The van der Waals surface area contributed by atoms with Crippen molar-refractivity contribution in [2.24, 2.45) is 11.8 Å². The van der Waals surface area contributed by atoms with Gasteiger partial charge in [-0.15, -0.1) is 0 Å². The molecule has 7 heavy (non-hydrogen) atoms. The van der Waals surface area contributed by atoms with E-state index >= 15 is 0 Å². The van der Waals surface area contributed by atoms with Crippen molar-refractivity contribution in [2.75, 3.05) is 0 Å². The lowest BCUT2D eigenvalue weighted by atomic mass is 9.74. The number of hydrogen-bond donors (Lipinski definition) is 0. The average Bonchev–Trinajstić information content (AvgIpc) is 1.65. The third kappa shape index (κ3) is 0.793. The van der Waals surface area contributed by atoms with Gasteiger partial charge in [0.25, 0.3) is 0 Å². The molecule has 1 rings (SSSR count). The van der Waals surface area contributed by atoms with E-state index in [1.165, 1.54) is 12.8 Å². The summed E-state index contributed by atoms with van der Waals surface area (Å²) in [6.45, 7) is 4.49. The molecule has 0 nitrogen and oxygen atoms in total. The standard InChI is InChI=1S/C7H13/c1-3-7-5-4-6(7)2/h3,6-7H,4-5H2,1-2H3. The molecule has 2 unspecified atom stereocenters. The van der Waals surface area contributed by atoms with E-state index < -0.39 is 0 Å². The maximum Gasteiger partial charge on any atom is -0.0360 e. The van der Waals surface area contributed by atoms with Crippen LogP contribution in [0.2, 0.25) is 0 Å². The van der Waals surface area contributed by atoms with E-state index in [1.807, 2.05) is 0 Å². The van der Waals surface area contributed by atoms with Gasteiger partial charge in [0.2, 0.25) is 0 Å². The first-order chi connectivity index (χ1) is 3.34. The zero-order chi connectivity index (χ0) is 5.28. The van der Waals surface area contributed by atoms with Gasteiger partial charge in [-0.3, -0.25) is 0 Å². The van der Waals surface area contributed by atoms with E-state index in [4.69, 9.17) is 0 Å². The van der Waals surface area contributed by atoms with Crippen LogP contribution in [0.3, 0.4) is 0 Å². The van der Waals surface area contributed by atoms with Gasteiger partial charge in [-0.2, -0.15) is 0 Å². The highest BCUT2D eigenvalue weighted by Gasteiger charge is 2.24. The fourth-order valence-electron chi connectivity index (χ4n) is 1.19. The molecule has 0 saturated heterocycles. The van der Waals surface area contributed by atoms with Crippen LogP contribution >= 0.6 is 0 Å². The second-order valence-corrected chi connectivity index (χ2v) is 2.55. The van der Waals surface area contributed by atoms with E-state index in [0.29, 0.717) is 0 Å². The van der Waals surface area contributed by atoms with E-state index in [2.05, 4.69) is 20.3 Å². The molecular weight excluding hydrogens is 84.1 g/mol. The lowest BCUT2D eigenvalue weighted by molar-refractivity contribution is 0.233. The predicted octanol–water partition coefficient (Wildman–Crippen LogP) is 2.26. The first-order valence-corrected chi connectivity index (χ1v) is 3.14. The smallest absolute Gasteiger partial charge is 0.0360 e. The van der Waals surface area contributed by atoms with Crippen LogP contribution in [0.25, 0.3) is 0 Å². The van der Waals surface area contributed by atoms with Gasteiger partial charge in [-0.05, 0) is 24.7 Å². The summed E-state index contributed by atoms with van der Waals surface area (Å²) in [5, 5.41) is 0. The Hall–Kier alpha value is 0. The van der Waals surface area contributed by atoms with Gasteiger partial charge >= 0.3 is 0 Å². The van der Waals surface area contributed by atoms with Crippen LogP contribution in [0.15, 0.2) is 0 Å². The number of rotatable bonds is 1. The molecule has 0 aromatic rings. The molecule has 1 radical (unpaired) electrons. The minimum Gasteiger partial charge on any atom is -0.0622 e. The fourth-order valence-corrected chi connectivity index (χ4v) is 1.19. The van der Waals surface area contributed by atoms with Crippen molar-refractivity contribution >= 4 is 0 Å². The summed E-state index contributed by atoms with van der Waals surface area (Å²) in [4.78, 5) is 0. The molecule has 0 N–H and O–H groups in total. The summed E-state index contributed by atoms with van der Waals surface area (Å²) in [6.07, 6.45) is 5.22. The van der Waals surface area contributed by atoms with Crippen molar-refractivity contribution in [3.8, 4) is 0 Å². The Morgan fingerprint density at radius 2 is 2.14 bits per heavy atom. The molecule has 0 heteroatoms. The molecule has 0 spiro atoms. The zero-order valence-electron chi connectivity index (χ0n) is 5.15. The topological polar surface area (TPSA) is 0 Å². The van der Waals surface area contributed by atoms with Gasteiger partial charge in [-0.1, -0.05) is 20.3 Å². The van der Waals surface area contributed by atoms with Crippen molar-refractivity contribution in [2.45, 2.75) is 26.7 Å². The second kappa shape index (κ2) is 1.85. The van der Waals surface area contributed by atoms with E-state index in [-0.39, 0.29) is 0 Å². The van der Waals surface area contributed by atoms with Gasteiger partial charge in [0.1, 0.15) is 0 Å². The van der Waals surface area contributed by atoms with Crippen LogP contribution < -0.4 is 0 Å². The Labute approximate surface area is 45.9 Å². The Bertz CT molecular complexity index is 55.1. The van der Waals surface area contributed by atoms with Crippen LogP contribution in [-0.4, -0.2) is 0 Å². The summed E-state index contributed by atoms with van der Waals surface area (Å²) < 4.78 is 0. The third-order valence-electron chi connectivity index (χ3n) is 2.11. The second-order valence-electron chi connectivity index (χ2n) is 2.55. The maximum atomic E-state index is 2.33. The molecule has 1 aliphatic carbocycles. The van der Waals surface area contributed by atoms with Gasteiger partial charge in [0.15, 0.2) is 0 Å².